The van der Waals surface area contributed by atoms with E-state index < -0.39 is 38.7 Å². The first kappa shape index (κ1) is 29.4. The Hall–Kier alpha value is -2.81. The average molecular weight is 556 g/mol. The van der Waals surface area contributed by atoms with Gasteiger partial charge in [-0.25, -0.2) is 9.78 Å². The fraction of sp³-hybridized carbons (Fsp3) is 0.429. The summed E-state index contributed by atoms with van der Waals surface area (Å²) in [5.74, 6) is 0.00269. The number of nitrogens with one attached hydrogen (secondary N) is 2. The lowest BCUT2D eigenvalue weighted by Gasteiger charge is -2.19. The van der Waals surface area contributed by atoms with Crippen LogP contribution in [0.2, 0.25) is 5.02 Å². The number of amides is 1. The number of hydrogen-bond donors (Lipinski definition) is 2. The third-order valence-electron chi connectivity index (χ3n) is 3.98. The maximum Gasteiger partial charge on any atom is 0.423 e. The number of rotatable bonds is 10. The van der Waals surface area contributed by atoms with E-state index in [4.69, 9.17) is 25.8 Å². The number of pyridine rings is 1. The average Bonchev–Trinajstić information content (AvgIpc) is 2.72. The minimum atomic E-state index is -4.65. The normalized spacial score (nSPS) is 12.2. The molecule has 0 atom stereocenters. The molecule has 10 nitrogen and oxygen atoms in total. The highest BCUT2D eigenvalue weighted by Gasteiger charge is 2.32. The molecule has 1 aromatic heterocycles. The second-order valence-corrected chi connectivity index (χ2v) is 9.94. The summed E-state index contributed by atoms with van der Waals surface area (Å²) in [6.45, 7) is 4.88. The van der Waals surface area contributed by atoms with Crippen LogP contribution in [-0.4, -0.2) is 45.4 Å². The van der Waals surface area contributed by atoms with E-state index in [1.807, 2.05) is 0 Å². The van der Waals surface area contributed by atoms with Gasteiger partial charge in [0.1, 0.15) is 23.1 Å². The Morgan fingerprint density at radius 1 is 1.14 bits per heavy atom. The lowest BCUT2D eigenvalue weighted by Crippen LogP contribution is -2.43. The number of benzene rings is 1. The van der Waals surface area contributed by atoms with Crippen LogP contribution in [0.25, 0.3) is 0 Å². The molecule has 0 saturated heterocycles. The molecule has 1 amide bonds. The predicted molar refractivity (Wildman–Crippen MR) is 123 cm³/mol. The molecule has 0 fully saturated rings. The molecule has 2 aromatic rings. The van der Waals surface area contributed by atoms with Gasteiger partial charge >= 0.3 is 22.6 Å². The van der Waals surface area contributed by atoms with E-state index >= 15 is 0 Å². The van der Waals surface area contributed by atoms with Gasteiger partial charge in [-0.3, -0.25) is 0 Å². The van der Waals surface area contributed by atoms with Crippen molar-refractivity contribution >= 4 is 28.0 Å². The summed E-state index contributed by atoms with van der Waals surface area (Å²) >= 11 is 5.93. The van der Waals surface area contributed by atoms with Crippen molar-refractivity contribution in [3.63, 3.8) is 0 Å². The van der Waals surface area contributed by atoms with Gasteiger partial charge in [0.2, 0.25) is 5.88 Å². The summed E-state index contributed by atoms with van der Waals surface area (Å²) in [5.41, 5.74) is -1.66. The molecule has 0 unspecified atom stereocenters. The Balaban J connectivity index is 2.24. The van der Waals surface area contributed by atoms with Gasteiger partial charge in [-0.15, -0.1) is 0 Å². The van der Waals surface area contributed by atoms with Crippen LogP contribution < -0.4 is 19.5 Å². The van der Waals surface area contributed by atoms with Gasteiger partial charge in [0.15, 0.2) is 0 Å². The van der Waals surface area contributed by atoms with Gasteiger partial charge in [0.05, 0.1) is 12.2 Å². The van der Waals surface area contributed by atoms with E-state index in [0.717, 1.165) is 0 Å². The Morgan fingerprint density at radius 3 is 2.42 bits per heavy atom. The highest BCUT2D eigenvalue weighted by Crippen LogP contribution is 2.36. The monoisotopic (exact) mass is 555 g/mol. The van der Waals surface area contributed by atoms with Crippen LogP contribution in [0, 0.1) is 0 Å². The molecule has 36 heavy (non-hydrogen) atoms. The van der Waals surface area contributed by atoms with E-state index in [1.54, 1.807) is 20.8 Å². The number of carbonyl (C=O) groups excluding carboxylic acids is 1. The lowest BCUT2D eigenvalue weighted by atomic mass is 10.1. The van der Waals surface area contributed by atoms with Crippen molar-refractivity contribution in [1.82, 2.24) is 15.0 Å². The summed E-state index contributed by atoms with van der Waals surface area (Å²) in [6, 6.07) is 5.07. The second-order valence-electron chi connectivity index (χ2n) is 8.25. The minimum absolute atomic E-state index is 0.0232. The molecular formula is C21H25ClF3N3O7S. The number of nitrogens with zero attached hydrogens (tertiary/aromatic N) is 1. The van der Waals surface area contributed by atoms with Crippen LogP contribution in [0.3, 0.4) is 0 Å². The van der Waals surface area contributed by atoms with Crippen molar-refractivity contribution in [2.45, 2.75) is 39.0 Å². The van der Waals surface area contributed by atoms with E-state index in [9.17, 15) is 26.4 Å². The van der Waals surface area contributed by atoms with Gasteiger partial charge in [0, 0.05) is 37.0 Å². The fourth-order valence-corrected chi connectivity index (χ4v) is 3.82. The van der Waals surface area contributed by atoms with E-state index in [2.05, 4.69) is 19.2 Å². The molecule has 1 aromatic carbocycles. The van der Waals surface area contributed by atoms with Crippen LogP contribution in [-0.2, 0) is 31.9 Å². The first-order valence-corrected chi connectivity index (χ1v) is 12.0. The van der Waals surface area contributed by atoms with Crippen molar-refractivity contribution in [3.8, 4) is 17.4 Å². The van der Waals surface area contributed by atoms with Crippen LogP contribution in [0.4, 0.5) is 18.0 Å². The van der Waals surface area contributed by atoms with Crippen LogP contribution >= 0.6 is 11.6 Å². The summed E-state index contributed by atoms with van der Waals surface area (Å²) in [7, 11) is -2.90. The topological polar surface area (TPSA) is 125 Å². The molecule has 0 bridgehead atoms. The Morgan fingerprint density at radius 2 is 1.83 bits per heavy atom. The molecule has 2 N–H and O–H groups in total. The Labute approximate surface area is 211 Å². The van der Waals surface area contributed by atoms with Crippen molar-refractivity contribution in [1.29, 1.82) is 0 Å². The molecule has 0 spiro atoms. The molecule has 0 aliphatic heterocycles. The fourth-order valence-electron chi connectivity index (χ4n) is 2.56. The minimum Gasteiger partial charge on any atom is -0.491 e. The van der Waals surface area contributed by atoms with Crippen LogP contribution in [0.15, 0.2) is 30.5 Å². The summed E-state index contributed by atoms with van der Waals surface area (Å²) in [5, 5.41) is 1.85. The number of alkyl halides is 3. The number of ether oxygens (including phenoxy) is 3. The molecule has 0 aliphatic carbocycles. The predicted octanol–water partition coefficient (Wildman–Crippen LogP) is 4.43. The summed E-state index contributed by atoms with van der Waals surface area (Å²) in [6.07, 6.45) is -5.37. The number of carbonyl (C=O) groups is 1. The van der Waals surface area contributed by atoms with E-state index in [1.165, 1.54) is 25.3 Å². The number of halogens is 4. The Bertz CT molecular complexity index is 1170. The van der Waals surface area contributed by atoms with E-state index in [-0.39, 0.29) is 37.0 Å². The zero-order chi connectivity index (χ0) is 27.1. The molecule has 0 saturated carbocycles. The van der Waals surface area contributed by atoms with Crippen molar-refractivity contribution in [2.75, 3.05) is 20.3 Å². The number of aromatic nitrogens is 1. The second kappa shape index (κ2) is 12.0. The SMILES string of the molecule is COCCOc1ccc(CNC(=O)OS(=O)(=O)NC(C)(C)C)c(Oc2ncc(C(F)(F)F)cc2Cl)c1. The maximum atomic E-state index is 12.9. The standard InChI is InChI=1S/C21H25ClF3N3O7S/c1-20(2,3)28-36(30,31)35-19(29)27-11-13-5-6-15(33-8-7-32-4)10-17(13)34-18-16(22)9-14(12-26-18)21(23,24)25/h5-6,9-10,12,28H,7-8,11H2,1-4H3,(H,27,29). The first-order chi connectivity index (χ1) is 16.6. The molecule has 2 rings (SSSR count). The summed E-state index contributed by atoms with van der Waals surface area (Å²) in [4.78, 5) is 15.7. The number of hydrogen-bond acceptors (Lipinski definition) is 8. The Kier molecular flexibility index (Phi) is 9.77. The van der Waals surface area contributed by atoms with Crippen molar-refractivity contribution in [3.05, 3.63) is 46.6 Å². The first-order valence-electron chi connectivity index (χ1n) is 10.3. The molecule has 15 heteroatoms. The summed E-state index contributed by atoms with van der Waals surface area (Å²) < 4.78 is 85.2. The molecular weight excluding hydrogens is 531 g/mol. The highest BCUT2D eigenvalue weighted by molar-refractivity contribution is 7.85. The largest absolute Gasteiger partial charge is 0.491 e. The zero-order valence-corrected chi connectivity index (χ0v) is 21.3. The van der Waals surface area contributed by atoms with Gasteiger partial charge < -0.3 is 23.7 Å². The van der Waals surface area contributed by atoms with E-state index in [0.29, 0.717) is 18.0 Å². The zero-order valence-electron chi connectivity index (χ0n) is 19.7. The molecule has 200 valence electrons. The smallest absolute Gasteiger partial charge is 0.423 e. The molecule has 1 heterocycles. The maximum absolute atomic E-state index is 12.9. The van der Waals surface area contributed by atoms with Crippen LogP contribution in [0.1, 0.15) is 31.9 Å². The van der Waals surface area contributed by atoms with Gasteiger partial charge in [-0.2, -0.15) is 26.3 Å². The molecule has 0 radical (unpaired) electrons. The quantitative estimate of drug-likeness (QED) is 0.412. The highest BCUT2D eigenvalue weighted by atomic mass is 35.5. The van der Waals surface area contributed by atoms with Gasteiger partial charge in [0.25, 0.3) is 0 Å². The molecule has 0 aliphatic rings. The lowest BCUT2D eigenvalue weighted by molar-refractivity contribution is -0.137. The third kappa shape index (κ3) is 9.68. The third-order valence-corrected chi connectivity index (χ3v) is 5.48. The van der Waals surface area contributed by atoms with Gasteiger partial charge in [-0.1, -0.05) is 11.6 Å². The van der Waals surface area contributed by atoms with Crippen LogP contribution in [0.5, 0.6) is 17.4 Å². The number of methoxy groups -OCH3 is 1. The van der Waals surface area contributed by atoms with Crippen molar-refractivity contribution in [2.24, 2.45) is 0 Å². The van der Waals surface area contributed by atoms with Crippen molar-refractivity contribution < 1.29 is 44.8 Å². The van der Waals surface area contributed by atoms with Gasteiger partial charge in [-0.05, 0) is 39.0 Å².